The van der Waals surface area contributed by atoms with E-state index in [9.17, 15) is 18.8 Å². The lowest BCUT2D eigenvalue weighted by molar-refractivity contribution is -0.123. The Morgan fingerprint density at radius 1 is 1.09 bits per heavy atom. The van der Waals surface area contributed by atoms with E-state index >= 15 is 0 Å². The Hall–Kier alpha value is -3.43. The summed E-state index contributed by atoms with van der Waals surface area (Å²) in [5.74, 6) is -0.757. The molecule has 0 N–H and O–H groups in total. The van der Waals surface area contributed by atoms with Crippen LogP contribution < -0.4 is 9.47 Å². The summed E-state index contributed by atoms with van der Waals surface area (Å²) in [6, 6.07) is 13.9. The number of esters is 1. The minimum atomic E-state index is -0.493. The standard InChI is InChI=1S/C23H16FNO5S2/c1-29-18-11-15(6-9-17(18)30-22(27)19-3-2-10-31-19)12-20-21(26)25(23(28)32-20)13-14-4-7-16(24)8-5-14/h2-12H,13H2,1H3/b20-12-. The molecule has 0 unspecified atom stereocenters. The molecular formula is C23H16FNO5S2. The molecule has 32 heavy (non-hydrogen) atoms. The number of nitrogens with zero attached hydrogens (tertiary/aromatic N) is 1. The molecule has 0 saturated carbocycles. The molecule has 9 heteroatoms. The molecular weight excluding hydrogens is 453 g/mol. The number of thiophene rings is 1. The van der Waals surface area contributed by atoms with E-state index < -0.39 is 17.1 Å². The molecule has 0 bridgehead atoms. The van der Waals surface area contributed by atoms with Gasteiger partial charge in [0.1, 0.15) is 10.7 Å². The summed E-state index contributed by atoms with van der Waals surface area (Å²) < 4.78 is 23.8. The Morgan fingerprint density at radius 3 is 2.56 bits per heavy atom. The van der Waals surface area contributed by atoms with Crippen molar-refractivity contribution >= 4 is 46.3 Å². The van der Waals surface area contributed by atoms with E-state index in [0.29, 0.717) is 21.8 Å². The maximum Gasteiger partial charge on any atom is 0.353 e. The highest BCUT2D eigenvalue weighted by Gasteiger charge is 2.35. The van der Waals surface area contributed by atoms with Crippen LogP contribution in [0.1, 0.15) is 20.8 Å². The van der Waals surface area contributed by atoms with Crippen LogP contribution in [0.3, 0.4) is 0 Å². The molecule has 1 aliphatic heterocycles. The smallest absolute Gasteiger partial charge is 0.353 e. The topological polar surface area (TPSA) is 72.9 Å². The van der Waals surface area contributed by atoms with Crippen molar-refractivity contribution in [2.24, 2.45) is 0 Å². The van der Waals surface area contributed by atoms with Crippen LogP contribution in [0.25, 0.3) is 6.08 Å². The minimum Gasteiger partial charge on any atom is -0.493 e. The van der Waals surface area contributed by atoms with Gasteiger partial charge in [0.25, 0.3) is 11.1 Å². The quantitative estimate of drug-likeness (QED) is 0.275. The number of carbonyl (C=O) groups excluding carboxylic acids is 3. The number of rotatable bonds is 6. The Balaban J connectivity index is 1.51. The van der Waals surface area contributed by atoms with Crippen LogP contribution in [0.4, 0.5) is 9.18 Å². The number of thioether (sulfide) groups is 1. The first-order valence-corrected chi connectivity index (χ1v) is 11.1. The largest absolute Gasteiger partial charge is 0.493 e. The average molecular weight is 470 g/mol. The summed E-state index contributed by atoms with van der Waals surface area (Å²) in [6.07, 6.45) is 1.57. The maximum atomic E-state index is 13.1. The van der Waals surface area contributed by atoms with Crippen molar-refractivity contribution in [1.29, 1.82) is 0 Å². The van der Waals surface area contributed by atoms with Crippen molar-refractivity contribution in [2.45, 2.75) is 6.54 Å². The lowest BCUT2D eigenvalue weighted by atomic mass is 10.1. The van der Waals surface area contributed by atoms with E-state index in [1.54, 1.807) is 41.8 Å². The second-order valence-corrected chi connectivity index (χ2v) is 8.61. The number of amides is 2. The molecule has 0 radical (unpaired) electrons. The van der Waals surface area contributed by atoms with Gasteiger partial charge in [0.2, 0.25) is 0 Å². The summed E-state index contributed by atoms with van der Waals surface area (Å²) in [5, 5.41) is 1.37. The SMILES string of the molecule is COc1cc(/C=C2\SC(=O)N(Cc3ccc(F)cc3)C2=O)ccc1OC(=O)c1cccs1. The molecule has 0 aliphatic carbocycles. The van der Waals surface area contributed by atoms with Gasteiger partial charge in [-0.05, 0) is 64.7 Å². The van der Waals surface area contributed by atoms with E-state index in [2.05, 4.69) is 0 Å². The molecule has 3 aromatic rings. The third-order valence-electron chi connectivity index (χ3n) is 4.54. The van der Waals surface area contributed by atoms with Crippen LogP contribution >= 0.6 is 23.1 Å². The number of halogens is 1. The van der Waals surface area contributed by atoms with Gasteiger partial charge in [0, 0.05) is 0 Å². The van der Waals surface area contributed by atoms with Crippen molar-refractivity contribution in [3.8, 4) is 11.5 Å². The van der Waals surface area contributed by atoms with E-state index in [0.717, 1.165) is 16.7 Å². The third-order valence-corrected chi connectivity index (χ3v) is 6.30. The first-order chi connectivity index (χ1) is 15.4. The van der Waals surface area contributed by atoms with Crippen molar-refractivity contribution in [3.63, 3.8) is 0 Å². The second kappa shape index (κ2) is 9.37. The second-order valence-electron chi connectivity index (χ2n) is 6.67. The summed E-state index contributed by atoms with van der Waals surface area (Å²) >= 11 is 2.09. The molecule has 6 nitrogen and oxygen atoms in total. The number of imide groups is 1. The number of hydrogen-bond donors (Lipinski definition) is 0. The molecule has 2 aromatic carbocycles. The fourth-order valence-corrected chi connectivity index (χ4v) is 4.40. The van der Waals surface area contributed by atoms with Crippen molar-refractivity contribution in [1.82, 2.24) is 4.90 Å². The molecule has 1 saturated heterocycles. The van der Waals surface area contributed by atoms with Crippen LogP contribution in [0.2, 0.25) is 0 Å². The van der Waals surface area contributed by atoms with Gasteiger partial charge in [0.05, 0.1) is 18.6 Å². The molecule has 1 aliphatic rings. The van der Waals surface area contributed by atoms with Gasteiger partial charge in [-0.15, -0.1) is 11.3 Å². The van der Waals surface area contributed by atoms with Gasteiger partial charge < -0.3 is 9.47 Å². The van der Waals surface area contributed by atoms with Gasteiger partial charge in [-0.1, -0.05) is 24.3 Å². The van der Waals surface area contributed by atoms with Gasteiger partial charge >= 0.3 is 5.97 Å². The van der Waals surface area contributed by atoms with Crippen LogP contribution in [0.15, 0.2) is 64.9 Å². The Labute approximate surface area is 191 Å². The lowest BCUT2D eigenvalue weighted by Gasteiger charge is -2.12. The Bertz CT molecular complexity index is 1210. The minimum absolute atomic E-state index is 0.0587. The molecule has 4 rings (SSSR count). The average Bonchev–Trinajstić information content (AvgIpc) is 3.41. The van der Waals surface area contributed by atoms with Gasteiger partial charge in [0.15, 0.2) is 11.5 Å². The van der Waals surface area contributed by atoms with Crippen LogP contribution in [0, 0.1) is 5.82 Å². The zero-order chi connectivity index (χ0) is 22.7. The first kappa shape index (κ1) is 21.8. The highest BCUT2D eigenvalue weighted by molar-refractivity contribution is 8.18. The summed E-state index contributed by atoms with van der Waals surface area (Å²) in [7, 11) is 1.44. The van der Waals surface area contributed by atoms with Crippen molar-refractivity contribution in [3.05, 3.63) is 86.7 Å². The van der Waals surface area contributed by atoms with E-state index in [1.807, 2.05) is 0 Å². The fourth-order valence-electron chi connectivity index (χ4n) is 2.96. The zero-order valence-corrected chi connectivity index (χ0v) is 18.4. The molecule has 2 amide bonds. The third kappa shape index (κ3) is 4.74. The van der Waals surface area contributed by atoms with Crippen LogP contribution in [0.5, 0.6) is 11.5 Å². The number of methoxy groups -OCH3 is 1. The number of ether oxygens (including phenoxy) is 2. The highest BCUT2D eigenvalue weighted by Crippen LogP contribution is 2.35. The van der Waals surface area contributed by atoms with E-state index in [4.69, 9.17) is 9.47 Å². The van der Waals surface area contributed by atoms with Gasteiger partial charge in [-0.2, -0.15) is 0 Å². The monoisotopic (exact) mass is 469 g/mol. The summed E-state index contributed by atoms with van der Waals surface area (Å²) in [4.78, 5) is 39.1. The first-order valence-electron chi connectivity index (χ1n) is 9.38. The number of hydrogen-bond acceptors (Lipinski definition) is 7. The zero-order valence-electron chi connectivity index (χ0n) is 16.7. The molecule has 162 valence electrons. The van der Waals surface area contributed by atoms with Crippen LogP contribution in [-0.2, 0) is 11.3 Å². The predicted molar refractivity (Wildman–Crippen MR) is 120 cm³/mol. The molecule has 0 spiro atoms. The maximum absolute atomic E-state index is 13.1. The van der Waals surface area contributed by atoms with Gasteiger partial charge in [-0.25, -0.2) is 9.18 Å². The summed E-state index contributed by atoms with van der Waals surface area (Å²) in [5.41, 5.74) is 1.25. The molecule has 2 heterocycles. The number of benzene rings is 2. The Kier molecular flexibility index (Phi) is 6.38. The fraction of sp³-hybridized carbons (Fsp3) is 0.0870. The molecule has 1 aromatic heterocycles. The van der Waals surface area contributed by atoms with E-state index in [-0.39, 0.29) is 23.0 Å². The predicted octanol–water partition coefficient (Wildman–Crippen LogP) is 5.35. The Morgan fingerprint density at radius 2 is 1.88 bits per heavy atom. The normalized spacial score (nSPS) is 14.8. The lowest BCUT2D eigenvalue weighted by Crippen LogP contribution is -2.27. The molecule has 1 fully saturated rings. The number of carbonyl (C=O) groups is 3. The molecule has 0 atom stereocenters. The highest BCUT2D eigenvalue weighted by atomic mass is 32.2. The van der Waals surface area contributed by atoms with Crippen LogP contribution in [-0.4, -0.2) is 29.1 Å². The van der Waals surface area contributed by atoms with Crippen molar-refractivity contribution in [2.75, 3.05) is 7.11 Å². The van der Waals surface area contributed by atoms with Gasteiger partial charge in [-0.3, -0.25) is 14.5 Å². The van der Waals surface area contributed by atoms with E-state index in [1.165, 1.54) is 42.7 Å². The van der Waals surface area contributed by atoms with Crippen molar-refractivity contribution < 1.29 is 28.2 Å². The summed E-state index contributed by atoms with van der Waals surface area (Å²) in [6.45, 7) is 0.0587.